The molecule has 11 heteroatoms. The quantitative estimate of drug-likeness (QED) is 0.378. The van der Waals surface area contributed by atoms with Gasteiger partial charge in [0, 0.05) is 48.5 Å². The second kappa shape index (κ2) is 10.9. The van der Waals surface area contributed by atoms with Gasteiger partial charge in [0.15, 0.2) is 0 Å². The van der Waals surface area contributed by atoms with Crippen molar-refractivity contribution in [3.63, 3.8) is 0 Å². The van der Waals surface area contributed by atoms with Crippen molar-refractivity contribution in [2.45, 2.75) is 24.4 Å². The van der Waals surface area contributed by atoms with Crippen LogP contribution >= 0.6 is 11.8 Å². The maximum absolute atomic E-state index is 13.1. The van der Waals surface area contributed by atoms with Gasteiger partial charge in [-0.3, -0.25) is 4.40 Å². The van der Waals surface area contributed by atoms with Crippen LogP contribution in [0.15, 0.2) is 72.9 Å². The minimum Gasteiger partial charge on any atom is -0.405 e. The maximum atomic E-state index is 13.1. The summed E-state index contributed by atoms with van der Waals surface area (Å²) in [7, 11) is 2.11. The van der Waals surface area contributed by atoms with Gasteiger partial charge in [-0.15, -0.1) is 11.8 Å². The lowest BCUT2D eigenvalue weighted by atomic mass is 10.0. The predicted molar refractivity (Wildman–Crippen MR) is 144 cm³/mol. The summed E-state index contributed by atoms with van der Waals surface area (Å²) < 4.78 is 41.5. The van der Waals surface area contributed by atoms with E-state index in [1.54, 1.807) is 6.20 Å². The summed E-state index contributed by atoms with van der Waals surface area (Å²) in [4.78, 5) is 11.6. The molecule has 1 aliphatic rings. The number of halogens is 3. The van der Waals surface area contributed by atoms with Crippen molar-refractivity contribution in [1.29, 1.82) is 0 Å². The molecule has 5 N–H and O–H groups in total. The van der Waals surface area contributed by atoms with E-state index in [0.29, 0.717) is 5.82 Å². The van der Waals surface area contributed by atoms with Crippen molar-refractivity contribution in [2.75, 3.05) is 31.6 Å². The molecule has 2 aromatic heterocycles. The highest BCUT2D eigenvalue weighted by Crippen LogP contribution is 2.37. The van der Waals surface area contributed by atoms with Crippen LogP contribution in [0.1, 0.15) is 29.6 Å². The van der Waals surface area contributed by atoms with Crippen LogP contribution < -0.4 is 16.8 Å². The predicted octanol–water partition coefficient (Wildman–Crippen LogP) is 4.82. The first-order valence-electron chi connectivity index (χ1n) is 11.7. The number of rotatable bonds is 7. The molecule has 1 fully saturated rings. The third-order valence-corrected chi connectivity index (χ3v) is 7.37. The molecule has 0 spiro atoms. The molecule has 3 heterocycles. The monoisotopic (exact) mass is 529 g/mol. The Morgan fingerprint density at radius 2 is 2.03 bits per heavy atom. The number of hydrogen-bond acceptors (Lipinski definition) is 7. The molecule has 0 saturated carbocycles. The molecule has 1 saturated heterocycles. The Balaban J connectivity index is 1.59. The third-order valence-electron chi connectivity index (χ3n) is 6.19. The van der Waals surface area contributed by atoms with Gasteiger partial charge in [0.2, 0.25) is 0 Å². The van der Waals surface area contributed by atoms with Gasteiger partial charge >= 0.3 is 6.18 Å². The minimum atomic E-state index is -4.53. The van der Waals surface area contributed by atoms with E-state index < -0.39 is 11.7 Å². The van der Waals surface area contributed by atoms with Crippen LogP contribution in [-0.2, 0) is 0 Å². The SMILES string of the molecule is C=C(/C=C(\C=C/N)C(F)(F)F)NC(C)c1ccc(-c2nc(C3CN(C)CCS3)n3ccnc(N)c23)cc1. The van der Waals surface area contributed by atoms with Gasteiger partial charge in [-0.1, -0.05) is 30.8 Å². The molecule has 1 aliphatic heterocycles. The van der Waals surface area contributed by atoms with Crippen LogP contribution in [0.5, 0.6) is 0 Å². The van der Waals surface area contributed by atoms with Crippen molar-refractivity contribution in [2.24, 2.45) is 5.73 Å². The molecule has 7 nitrogen and oxygen atoms in total. The molecule has 2 atom stereocenters. The Labute approximate surface area is 218 Å². The van der Waals surface area contributed by atoms with E-state index in [0.717, 1.165) is 65.4 Å². The Bertz CT molecular complexity index is 1330. The molecular weight excluding hydrogens is 499 g/mol. The average Bonchev–Trinajstić information content (AvgIpc) is 3.24. The molecule has 0 amide bonds. The Morgan fingerprint density at radius 1 is 1.30 bits per heavy atom. The van der Waals surface area contributed by atoms with Crippen LogP contribution in [0.2, 0.25) is 0 Å². The molecule has 0 bridgehead atoms. The van der Waals surface area contributed by atoms with E-state index in [9.17, 15) is 13.2 Å². The number of likely N-dealkylation sites (N-methyl/N-ethyl adjacent to an activating group) is 1. The molecule has 37 heavy (non-hydrogen) atoms. The fraction of sp³-hybridized carbons (Fsp3) is 0.308. The first-order valence-corrected chi connectivity index (χ1v) is 12.8. The van der Waals surface area contributed by atoms with Gasteiger partial charge in [0.1, 0.15) is 22.9 Å². The second-order valence-corrected chi connectivity index (χ2v) is 10.3. The van der Waals surface area contributed by atoms with Gasteiger partial charge in [-0.2, -0.15) is 13.2 Å². The topological polar surface area (TPSA) is 97.5 Å². The zero-order valence-electron chi connectivity index (χ0n) is 20.7. The van der Waals surface area contributed by atoms with Gasteiger partial charge in [0.25, 0.3) is 0 Å². The molecule has 3 aromatic rings. The van der Waals surface area contributed by atoms with Crippen LogP contribution in [-0.4, -0.2) is 51.3 Å². The highest BCUT2D eigenvalue weighted by Gasteiger charge is 2.32. The maximum Gasteiger partial charge on any atom is 0.416 e. The largest absolute Gasteiger partial charge is 0.416 e. The molecule has 196 valence electrons. The van der Waals surface area contributed by atoms with E-state index in [4.69, 9.17) is 16.5 Å². The van der Waals surface area contributed by atoms with Crippen molar-refractivity contribution in [3.05, 3.63) is 84.2 Å². The van der Waals surface area contributed by atoms with Crippen LogP contribution in [0.4, 0.5) is 19.0 Å². The molecule has 0 aliphatic carbocycles. The zero-order valence-corrected chi connectivity index (χ0v) is 21.5. The van der Waals surface area contributed by atoms with Crippen LogP contribution in [0.25, 0.3) is 16.8 Å². The number of imidazole rings is 1. The number of thioether (sulfide) groups is 1. The number of fused-ring (bicyclic) bond motifs is 1. The number of nitrogen functional groups attached to an aromatic ring is 1. The smallest absolute Gasteiger partial charge is 0.405 e. The van der Waals surface area contributed by atoms with E-state index in [1.165, 1.54) is 0 Å². The van der Waals surface area contributed by atoms with Gasteiger partial charge in [-0.25, -0.2) is 9.97 Å². The second-order valence-electron chi connectivity index (χ2n) is 8.94. The number of anilines is 1. The number of hydrogen-bond donors (Lipinski definition) is 3. The number of aromatic nitrogens is 3. The van der Waals surface area contributed by atoms with E-state index >= 15 is 0 Å². The lowest BCUT2D eigenvalue weighted by Crippen LogP contribution is -2.31. The van der Waals surface area contributed by atoms with E-state index in [2.05, 4.69) is 28.8 Å². The average molecular weight is 530 g/mol. The summed E-state index contributed by atoms with van der Waals surface area (Å²) >= 11 is 1.88. The summed E-state index contributed by atoms with van der Waals surface area (Å²) in [6.07, 6.45) is 1.64. The fourth-order valence-electron chi connectivity index (χ4n) is 4.30. The normalized spacial score (nSPS) is 18.4. The number of benzene rings is 1. The minimum absolute atomic E-state index is 0.125. The van der Waals surface area contributed by atoms with E-state index in [1.807, 2.05) is 53.5 Å². The molecular formula is C26H30F3N7S. The summed E-state index contributed by atoms with van der Waals surface area (Å²) in [5.41, 5.74) is 13.9. The van der Waals surface area contributed by atoms with Crippen molar-refractivity contribution < 1.29 is 13.2 Å². The summed E-state index contributed by atoms with van der Waals surface area (Å²) in [5, 5.41) is 3.21. The van der Waals surface area contributed by atoms with Gasteiger partial charge in [0.05, 0.1) is 10.8 Å². The van der Waals surface area contributed by atoms with Crippen molar-refractivity contribution in [1.82, 2.24) is 24.6 Å². The highest BCUT2D eigenvalue weighted by atomic mass is 32.2. The Morgan fingerprint density at radius 3 is 2.68 bits per heavy atom. The van der Waals surface area contributed by atoms with Gasteiger partial charge in [-0.05, 0) is 37.9 Å². The molecule has 0 radical (unpaired) electrons. The van der Waals surface area contributed by atoms with Gasteiger partial charge < -0.3 is 21.7 Å². The van der Waals surface area contributed by atoms with Crippen LogP contribution in [0, 0.1) is 0 Å². The zero-order chi connectivity index (χ0) is 26.7. The summed E-state index contributed by atoms with van der Waals surface area (Å²) in [6.45, 7) is 7.50. The first kappa shape index (κ1) is 26.6. The fourth-order valence-corrected chi connectivity index (χ4v) is 5.67. The number of nitrogens with one attached hydrogen (secondary N) is 1. The molecule has 4 rings (SSSR count). The summed E-state index contributed by atoms with van der Waals surface area (Å²) in [5.74, 6) is 2.36. The lowest BCUT2D eigenvalue weighted by Gasteiger charge is -2.28. The number of nitrogens with zero attached hydrogens (tertiary/aromatic N) is 4. The van der Waals surface area contributed by atoms with Crippen molar-refractivity contribution in [3.8, 4) is 11.3 Å². The molecule has 2 unspecified atom stereocenters. The Hall–Kier alpha value is -3.44. The summed E-state index contributed by atoms with van der Waals surface area (Å²) in [6, 6.07) is 7.40. The van der Waals surface area contributed by atoms with E-state index in [-0.39, 0.29) is 17.0 Å². The van der Waals surface area contributed by atoms with Crippen molar-refractivity contribution >= 4 is 23.1 Å². The standard InChI is InChI=1S/C26H30F3N7S/c1-16(14-20(8-9-30)26(27,28)29)33-17(2)18-4-6-19(7-5-18)22-23-24(31)32-10-11-36(23)25(34-22)21-15-35(3)12-13-37-21/h4-11,14,17,21,33H,1,12-13,15,30H2,2-3H3,(H2,31,32)/b9-8-,20-14+. The van der Waals surface area contributed by atoms with Crippen LogP contribution in [0.3, 0.4) is 0 Å². The first-order chi connectivity index (χ1) is 17.6. The number of nitrogens with two attached hydrogens (primary N) is 2. The number of alkyl halides is 3. The highest BCUT2D eigenvalue weighted by molar-refractivity contribution is 7.99. The number of allylic oxidation sites excluding steroid dienone is 3. The molecule has 1 aromatic carbocycles. The lowest BCUT2D eigenvalue weighted by molar-refractivity contribution is -0.0882. The Kier molecular flexibility index (Phi) is 7.84. The third kappa shape index (κ3) is 5.94.